The molecule has 3 N–H and O–H groups in total. The van der Waals surface area contributed by atoms with Gasteiger partial charge in [0, 0.05) is 55.9 Å². The molecule has 0 unspecified atom stereocenters. The van der Waals surface area contributed by atoms with Gasteiger partial charge in [-0.1, -0.05) is 19.4 Å². The number of hydrogen-bond donors (Lipinski definition) is 3. The highest BCUT2D eigenvalue weighted by Crippen LogP contribution is 2.35. The fourth-order valence-electron chi connectivity index (χ4n) is 4.83. The molecule has 2 fully saturated rings. The van der Waals surface area contributed by atoms with E-state index in [4.69, 9.17) is 20.8 Å². The zero-order valence-corrected chi connectivity index (χ0v) is 21.7. The fourth-order valence-corrected chi connectivity index (χ4v) is 5.95. The second kappa shape index (κ2) is 10.3. The van der Waals surface area contributed by atoms with Crippen LogP contribution >= 0.6 is 11.3 Å². The third-order valence-electron chi connectivity index (χ3n) is 6.76. The number of anilines is 3. The first-order valence-corrected chi connectivity index (χ1v) is 13.3. The van der Waals surface area contributed by atoms with E-state index in [-0.39, 0.29) is 31.2 Å². The average molecular weight is 547 g/mol. The van der Waals surface area contributed by atoms with Crippen LogP contribution in [0.3, 0.4) is 0 Å². The predicted molar refractivity (Wildman–Crippen MR) is 144 cm³/mol. The van der Waals surface area contributed by atoms with Gasteiger partial charge in [0.1, 0.15) is 22.2 Å². The maximum Gasteiger partial charge on any atom is 0.449 e. The fraction of sp³-hybridized carbons (Fsp3) is 0.440. The molecule has 0 atom stereocenters. The molecule has 1 aromatic carbocycles. The predicted octanol–water partition coefficient (Wildman–Crippen LogP) is 4.31. The molecule has 3 aromatic rings. The lowest BCUT2D eigenvalue weighted by molar-refractivity contribution is -0.0671. The molecule has 2 aliphatic rings. The first-order valence-electron chi connectivity index (χ1n) is 12.5. The van der Waals surface area contributed by atoms with Crippen LogP contribution in [0.15, 0.2) is 30.3 Å². The summed E-state index contributed by atoms with van der Waals surface area (Å²) >= 11 is 1.60. The van der Waals surface area contributed by atoms with Crippen LogP contribution in [-0.4, -0.2) is 83.6 Å². The summed E-state index contributed by atoms with van der Waals surface area (Å²) in [6, 6.07) is 9.21. The van der Waals surface area contributed by atoms with Crippen molar-refractivity contribution in [3.8, 4) is 5.75 Å². The van der Waals surface area contributed by atoms with Gasteiger partial charge >= 0.3 is 6.18 Å². The molecule has 0 aliphatic carbocycles. The number of alkyl halides is 3. The third-order valence-corrected chi connectivity index (χ3v) is 7.85. The number of thiophene rings is 1. The Kier molecular flexibility index (Phi) is 7.03. The molecule has 202 valence electrons. The number of aryl methyl sites for hydroxylation is 1. The van der Waals surface area contributed by atoms with Crippen molar-refractivity contribution in [2.75, 3.05) is 60.5 Å². The minimum Gasteiger partial charge on any atom is -0.508 e. The summed E-state index contributed by atoms with van der Waals surface area (Å²) in [5.41, 5.74) is 0.949. The molecule has 0 spiro atoms. The number of rotatable bonds is 5. The number of fused-ring (bicyclic) bond motifs is 1. The Morgan fingerprint density at radius 2 is 1.74 bits per heavy atom. The van der Waals surface area contributed by atoms with Crippen molar-refractivity contribution in [2.45, 2.75) is 25.9 Å². The number of phenols is 1. The maximum atomic E-state index is 13.1. The molecule has 0 bridgehead atoms. The number of benzene rings is 1. The molecule has 2 saturated heterocycles. The SMILES string of the molecule is CCCc1cc2c(N3CCN(C(=N)C(F)(F)F)C(=N)C3)nc(N3CCN(c4cccc(O)c4)CC3)nc2s1. The number of aromatic nitrogens is 2. The number of nitrogens with one attached hydrogen (secondary N) is 2. The van der Waals surface area contributed by atoms with E-state index in [0.717, 1.165) is 33.6 Å². The smallest absolute Gasteiger partial charge is 0.449 e. The number of halogens is 3. The van der Waals surface area contributed by atoms with Crippen molar-refractivity contribution >= 4 is 50.7 Å². The normalized spacial score (nSPS) is 17.0. The van der Waals surface area contributed by atoms with Crippen molar-refractivity contribution in [1.82, 2.24) is 14.9 Å². The van der Waals surface area contributed by atoms with Gasteiger partial charge < -0.3 is 24.7 Å². The van der Waals surface area contributed by atoms with Gasteiger partial charge in [-0.15, -0.1) is 11.3 Å². The first kappa shape index (κ1) is 26.0. The Hall–Kier alpha value is -3.61. The second-order valence-corrected chi connectivity index (χ2v) is 10.5. The number of aromatic hydroxyl groups is 1. The number of hydrogen-bond acceptors (Lipinski definition) is 9. The van der Waals surface area contributed by atoms with Gasteiger partial charge in [0.2, 0.25) is 11.8 Å². The minimum absolute atomic E-state index is 0.0751. The van der Waals surface area contributed by atoms with E-state index in [1.54, 1.807) is 23.5 Å². The Balaban J connectivity index is 1.40. The Morgan fingerprint density at radius 3 is 2.39 bits per heavy atom. The molecule has 0 saturated carbocycles. The summed E-state index contributed by atoms with van der Waals surface area (Å²) in [4.78, 5) is 18.6. The van der Waals surface area contributed by atoms with E-state index in [9.17, 15) is 18.3 Å². The van der Waals surface area contributed by atoms with Crippen molar-refractivity contribution in [1.29, 1.82) is 10.8 Å². The van der Waals surface area contributed by atoms with E-state index in [1.807, 2.05) is 17.0 Å². The van der Waals surface area contributed by atoms with Crippen LogP contribution in [0.4, 0.5) is 30.6 Å². The number of phenolic OH excluding ortho intramolecular Hbond substituents is 1. The van der Waals surface area contributed by atoms with Gasteiger partial charge in [-0.05, 0) is 24.6 Å². The zero-order valence-electron chi connectivity index (χ0n) is 20.9. The van der Waals surface area contributed by atoms with Gasteiger partial charge in [-0.3, -0.25) is 10.8 Å². The highest BCUT2D eigenvalue weighted by Gasteiger charge is 2.41. The Labute approximate surface area is 222 Å². The van der Waals surface area contributed by atoms with Crippen LogP contribution in [0.1, 0.15) is 18.2 Å². The first-order chi connectivity index (χ1) is 18.1. The highest BCUT2D eigenvalue weighted by molar-refractivity contribution is 7.18. The van der Waals surface area contributed by atoms with Crippen LogP contribution < -0.4 is 14.7 Å². The second-order valence-electron chi connectivity index (χ2n) is 9.39. The number of nitrogens with zero attached hydrogens (tertiary/aromatic N) is 6. The van der Waals surface area contributed by atoms with Gasteiger partial charge in [-0.25, -0.2) is 4.98 Å². The van der Waals surface area contributed by atoms with Crippen molar-refractivity contribution in [3.63, 3.8) is 0 Å². The lowest BCUT2D eigenvalue weighted by Gasteiger charge is -2.38. The molecular weight excluding hydrogens is 517 g/mol. The van der Waals surface area contributed by atoms with Gasteiger partial charge in [0.15, 0.2) is 0 Å². The molecule has 2 aliphatic heterocycles. The van der Waals surface area contributed by atoms with E-state index in [0.29, 0.717) is 42.8 Å². The van der Waals surface area contributed by atoms with Crippen LogP contribution in [0, 0.1) is 10.8 Å². The molecule has 9 nitrogen and oxygen atoms in total. The van der Waals surface area contributed by atoms with Crippen LogP contribution in [0.2, 0.25) is 0 Å². The summed E-state index contributed by atoms with van der Waals surface area (Å²) in [6.45, 7) is 4.88. The van der Waals surface area contributed by atoms with Gasteiger partial charge in [0.05, 0.1) is 11.9 Å². The average Bonchev–Trinajstić information content (AvgIpc) is 3.30. The zero-order chi connectivity index (χ0) is 27.0. The molecule has 5 rings (SSSR count). The van der Waals surface area contributed by atoms with E-state index >= 15 is 0 Å². The lowest BCUT2D eigenvalue weighted by atomic mass is 10.2. The number of piperazine rings is 2. The van der Waals surface area contributed by atoms with E-state index in [2.05, 4.69) is 22.8 Å². The van der Waals surface area contributed by atoms with Crippen LogP contribution in [0.5, 0.6) is 5.75 Å². The Morgan fingerprint density at radius 1 is 1.03 bits per heavy atom. The van der Waals surface area contributed by atoms with Crippen molar-refractivity contribution < 1.29 is 18.3 Å². The van der Waals surface area contributed by atoms with Gasteiger partial charge in [0.25, 0.3) is 0 Å². The largest absolute Gasteiger partial charge is 0.508 e. The van der Waals surface area contributed by atoms with Gasteiger partial charge in [-0.2, -0.15) is 18.2 Å². The van der Waals surface area contributed by atoms with Crippen molar-refractivity contribution in [3.05, 3.63) is 35.2 Å². The van der Waals surface area contributed by atoms with Crippen molar-refractivity contribution in [2.24, 2.45) is 0 Å². The lowest BCUT2D eigenvalue weighted by Crippen LogP contribution is -2.55. The monoisotopic (exact) mass is 546 g/mol. The molecule has 0 radical (unpaired) electrons. The summed E-state index contributed by atoms with van der Waals surface area (Å²) in [5, 5.41) is 26.4. The summed E-state index contributed by atoms with van der Waals surface area (Å²) in [6.07, 6.45) is -2.93. The molecule has 13 heteroatoms. The van der Waals surface area contributed by atoms with E-state index < -0.39 is 12.0 Å². The Bertz CT molecular complexity index is 1350. The van der Waals surface area contributed by atoms with Crippen LogP contribution in [-0.2, 0) is 6.42 Å². The molecule has 4 heterocycles. The summed E-state index contributed by atoms with van der Waals surface area (Å²) in [5.74, 6) is -0.399. The van der Waals surface area contributed by atoms with Crippen LogP contribution in [0.25, 0.3) is 10.2 Å². The summed E-state index contributed by atoms with van der Waals surface area (Å²) < 4.78 is 39.3. The molecular formula is C25H29F3N8OS. The maximum absolute atomic E-state index is 13.1. The molecule has 0 amide bonds. The quantitative estimate of drug-likeness (QED) is 0.323. The standard InChI is InChI=1S/C25H29F3N8OS/c1-2-4-18-14-19-21(35-11-12-36(20(29)15-35)23(30)25(26,27)28)31-24(32-22(19)38-18)34-9-7-33(8-10-34)16-5-3-6-17(37)13-16/h3,5-6,13-14,29-30,37H,2,4,7-12,15H2,1H3. The molecule has 2 aromatic heterocycles. The summed E-state index contributed by atoms with van der Waals surface area (Å²) in [7, 11) is 0. The molecule has 38 heavy (non-hydrogen) atoms. The number of amidine groups is 2. The van der Waals surface area contributed by atoms with E-state index in [1.165, 1.54) is 0 Å². The third kappa shape index (κ3) is 5.19. The minimum atomic E-state index is -4.80. The topological polar surface area (TPSA) is 107 Å². The highest BCUT2D eigenvalue weighted by atomic mass is 32.1.